The number of amides is 1. The van der Waals surface area contributed by atoms with E-state index in [0.717, 1.165) is 41.8 Å². The molecule has 0 spiro atoms. The molecule has 0 aliphatic carbocycles. The molecule has 0 bridgehead atoms. The average Bonchev–Trinajstić information content (AvgIpc) is 3.62. The highest BCUT2D eigenvalue weighted by molar-refractivity contribution is 5.94. The van der Waals surface area contributed by atoms with Gasteiger partial charge in [-0.25, -0.2) is 4.57 Å². The number of aliphatic carboxylic acids is 1. The highest BCUT2D eigenvalue weighted by Gasteiger charge is 2.47. The van der Waals surface area contributed by atoms with E-state index in [1.807, 2.05) is 77.4 Å². The van der Waals surface area contributed by atoms with Crippen molar-refractivity contribution in [3.05, 3.63) is 78.1 Å². The molecule has 9 heteroatoms. The number of anilines is 1. The second-order valence-electron chi connectivity index (χ2n) is 11.3. The summed E-state index contributed by atoms with van der Waals surface area (Å²) in [5.74, 6) is 0.218. The van der Waals surface area contributed by atoms with Gasteiger partial charge < -0.3 is 24.2 Å². The fourth-order valence-electron chi connectivity index (χ4n) is 6.36. The molecule has 2 aliphatic heterocycles. The standard InChI is InChI=1S/C34H41N3O6/c1-4-5-17-37(26-9-8-16-35(2)21-26)32(38)23-36-22-27(24-12-13-29-25(20-24)14-18-42-29)33(34(39)40)28(36)15-19-43-31-11-7-6-10-30(31)41-3/h6-13,16,20-21,27-28,33H,4-5,14-15,17-19,22-23H2,1-3H3/p+1/t27-,28+,33?/m1/s1. The largest absolute Gasteiger partial charge is 0.493 e. The smallest absolute Gasteiger partial charge is 0.308 e. The predicted octanol–water partition coefficient (Wildman–Crippen LogP) is 4.23. The first-order valence-corrected chi connectivity index (χ1v) is 15.1. The van der Waals surface area contributed by atoms with Crippen LogP contribution in [0, 0.1) is 5.92 Å². The van der Waals surface area contributed by atoms with Crippen molar-refractivity contribution < 1.29 is 33.5 Å². The van der Waals surface area contributed by atoms with Crippen LogP contribution in [-0.4, -0.2) is 67.9 Å². The van der Waals surface area contributed by atoms with Crippen LogP contribution in [0.25, 0.3) is 0 Å². The number of aryl methyl sites for hydroxylation is 1. The molecule has 228 valence electrons. The summed E-state index contributed by atoms with van der Waals surface area (Å²) in [6, 6.07) is 16.9. The van der Waals surface area contributed by atoms with E-state index in [0.29, 0.717) is 44.2 Å². The Kier molecular flexibility index (Phi) is 9.82. The van der Waals surface area contributed by atoms with Gasteiger partial charge in [0.05, 0.1) is 32.8 Å². The van der Waals surface area contributed by atoms with Crippen LogP contribution in [0.3, 0.4) is 0 Å². The van der Waals surface area contributed by atoms with Gasteiger partial charge in [0.1, 0.15) is 18.5 Å². The number of hydrogen-bond donors (Lipinski definition) is 1. The third-order valence-electron chi connectivity index (χ3n) is 8.53. The molecule has 1 saturated heterocycles. The summed E-state index contributed by atoms with van der Waals surface area (Å²) in [5, 5.41) is 10.6. The Morgan fingerprint density at radius 2 is 1.95 bits per heavy atom. The van der Waals surface area contributed by atoms with Crippen LogP contribution in [0.2, 0.25) is 0 Å². The summed E-state index contributed by atoms with van der Waals surface area (Å²) in [5.41, 5.74) is 2.92. The molecule has 2 aromatic carbocycles. The molecule has 1 aromatic heterocycles. The van der Waals surface area contributed by atoms with Crippen LogP contribution >= 0.6 is 0 Å². The van der Waals surface area contributed by atoms with Gasteiger partial charge in [0.15, 0.2) is 23.9 Å². The minimum absolute atomic E-state index is 0.0394. The van der Waals surface area contributed by atoms with E-state index < -0.39 is 17.9 Å². The van der Waals surface area contributed by atoms with Gasteiger partial charge in [-0.2, -0.15) is 0 Å². The number of rotatable bonds is 13. The molecule has 1 amide bonds. The number of pyridine rings is 1. The number of aromatic nitrogens is 1. The third kappa shape index (κ3) is 6.94. The van der Waals surface area contributed by atoms with Gasteiger partial charge in [-0.15, -0.1) is 0 Å². The molecule has 43 heavy (non-hydrogen) atoms. The van der Waals surface area contributed by atoms with Crippen molar-refractivity contribution in [3.8, 4) is 17.2 Å². The fourth-order valence-corrected chi connectivity index (χ4v) is 6.36. The van der Waals surface area contributed by atoms with Crippen LogP contribution in [-0.2, 0) is 23.1 Å². The molecular formula is C34H42N3O6+. The molecule has 0 radical (unpaired) electrons. The van der Waals surface area contributed by atoms with Crippen LogP contribution in [0.4, 0.5) is 5.69 Å². The molecule has 5 rings (SSSR count). The average molecular weight is 589 g/mol. The summed E-state index contributed by atoms with van der Waals surface area (Å²) in [6.07, 6.45) is 6.98. The van der Waals surface area contributed by atoms with Crippen LogP contribution < -0.4 is 23.7 Å². The normalized spacial score (nSPS) is 19.5. The molecule has 1 unspecified atom stereocenters. The Bertz CT molecular complexity index is 1430. The number of nitrogens with zero attached hydrogens (tertiary/aromatic N) is 3. The van der Waals surface area contributed by atoms with E-state index in [1.165, 1.54) is 0 Å². The number of unbranched alkanes of at least 4 members (excludes halogenated alkanes) is 1. The van der Waals surface area contributed by atoms with Gasteiger partial charge in [-0.05, 0) is 48.2 Å². The topological polar surface area (TPSA) is 92.4 Å². The monoisotopic (exact) mass is 588 g/mol. The van der Waals surface area contributed by atoms with Crippen molar-refractivity contribution in [1.29, 1.82) is 0 Å². The van der Waals surface area contributed by atoms with E-state index in [4.69, 9.17) is 14.2 Å². The molecule has 2 aliphatic rings. The number of carbonyl (C=O) groups excluding carboxylic acids is 1. The molecule has 3 atom stereocenters. The Balaban J connectivity index is 1.42. The number of likely N-dealkylation sites (tertiary alicyclic amines) is 1. The number of carboxylic acid groups (broad SMARTS) is 1. The Hall–Kier alpha value is -4.11. The summed E-state index contributed by atoms with van der Waals surface area (Å²) >= 11 is 0. The van der Waals surface area contributed by atoms with Crippen molar-refractivity contribution in [3.63, 3.8) is 0 Å². The van der Waals surface area contributed by atoms with Gasteiger partial charge in [-0.3, -0.25) is 14.5 Å². The lowest BCUT2D eigenvalue weighted by Gasteiger charge is -2.29. The van der Waals surface area contributed by atoms with Crippen LogP contribution in [0.5, 0.6) is 17.2 Å². The maximum atomic E-state index is 14.0. The number of carbonyl (C=O) groups is 2. The van der Waals surface area contributed by atoms with Gasteiger partial charge in [0, 0.05) is 37.5 Å². The predicted molar refractivity (Wildman–Crippen MR) is 163 cm³/mol. The molecule has 1 fully saturated rings. The molecule has 1 N–H and O–H groups in total. The maximum Gasteiger partial charge on any atom is 0.308 e. The fraction of sp³-hybridized carbons (Fsp3) is 0.441. The zero-order valence-corrected chi connectivity index (χ0v) is 25.3. The second kappa shape index (κ2) is 13.9. The van der Waals surface area contributed by atoms with Crippen LogP contribution in [0.1, 0.15) is 43.2 Å². The molecule has 3 aromatic rings. The lowest BCUT2D eigenvalue weighted by Crippen LogP contribution is -2.45. The zero-order valence-electron chi connectivity index (χ0n) is 25.3. The van der Waals surface area contributed by atoms with Crippen molar-refractivity contribution in [2.75, 3.05) is 44.9 Å². The van der Waals surface area contributed by atoms with Gasteiger partial charge in [0.2, 0.25) is 5.91 Å². The second-order valence-corrected chi connectivity index (χ2v) is 11.3. The quantitative estimate of drug-likeness (QED) is 0.299. The Morgan fingerprint density at radius 1 is 1.14 bits per heavy atom. The number of ether oxygens (including phenoxy) is 3. The van der Waals surface area contributed by atoms with E-state index >= 15 is 0 Å². The highest BCUT2D eigenvalue weighted by Crippen LogP contribution is 2.41. The van der Waals surface area contributed by atoms with E-state index in [1.54, 1.807) is 7.11 Å². The third-order valence-corrected chi connectivity index (χ3v) is 8.53. The highest BCUT2D eigenvalue weighted by atomic mass is 16.5. The van der Waals surface area contributed by atoms with E-state index in [9.17, 15) is 14.7 Å². The zero-order chi connectivity index (χ0) is 30.3. The van der Waals surface area contributed by atoms with Crippen LogP contribution in [0.15, 0.2) is 67.0 Å². The summed E-state index contributed by atoms with van der Waals surface area (Å²) in [7, 11) is 3.53. The number of methoxy groups -OCH3 is 1. The number of benzene rings is 2. The Morgan fingerprint density at radius 3 is 2.70 bits per heavy atom. The van der Waals surface area contributed by atoms with Crippen molar-refractivity contribution in [2.24, 2.45) is 13.0 Å². The summed E-state index contributed by atoms with van der Waals surface area (Å²) < 4.78 is 19.2. The number of para-hydroxylation sites is 2. The Labute approximate surface area is 253 Å². The van der Waals surface area contributed by atoms with Gasteiger partial charge >= 0.3 is 5.97 Å². The lowest BCUT2D eigenvalue weighted by molar-refractivity contribution is -0.670. The van der Waals surface area contributed by atoms with Crippen molar-refractivity contribution in [2.45, 2.75) is 44.6 Å². The number of carboxylic acids is 1. The van der Waals surface area contributed by atoms with Crippen molar-refractivity contribution in [1.82, 2.24) is 4.90 Å². The molecule has 3 heterocycles. The SMILES string of the molecule is CCCCN(C(=O)CN1C[C@H](c2ccc3c(c2)CCO3)C(C(=O)O)[C@@H]1CCOc1ccccc1OC)c1ccc[n+](C)c1. The first kappa shape index (κ1) is 30.4. The molecule has 0 saturated carbocycles. The maximum absolute atomic E-state index is 14.0. The lowest BCUT2D eigenvalue weighted by atomic mass is 9.83. The van der Waals surface area contributed by atoms with Gasteiger partial charge in [0.25, 0.3) is 0 Å². The summed E-state index contributed by atoms with van der Waals surface area (Å²) in [6.45, 7) is 4.22. The summed E-state index contributed by atoms with van der Waals surface area (Å²) in [4.78, 5) is 30.8. The molecule has 9 nitrogen and oxygen atoms in total. The number of fused-ring (bicyclic) bond motifs is 1. The minimum Gasteiger partial charge on any atom is -0.493 e. The number of hydrogen-bond acceptors (Lipinski definition) is 6. The van der Waals surface area contributed by atoms with Gasteiger partial charge in [-0.1, -0.05) is 37.6 Å². The first-order chi connectivity index (χ1) is 20.9. The molecular weight excluding hydrogens is 546 g/mol. The van der Waals surface area contributed by atoms with E-state index in [-0.39, 0.29) is 18.4 Å². The minimum atomic E-state index is -0.864. The first-order valence-electron chi connectivity index (χ1n) is 15.1. The van der Waals surface area contributed by atoms with E-state index in [2.05, 4.69) is 17.9 Å². The van der Waals surface area contributed by atoms with Crippen molar-refractivity contribution >= 4 is 17.6 Å².